The summed E-state index contributed by atoms with van der Waals surface area (Å²) in [6.45, 7) is 4.11. The zero-order chi connectivity index (χ0) is 23.7. The van der Waals surface area contributed by atoms with E-state index in [0.717, 1.165) is 17.3 Å². The van der Waals surface area contributed by atoms with Gasteiger partial charge >= 0.3 is 0 Å². The lowest BCUT2D eigenvalue weighted by atomic mass is 9.82. The van der Waals surface area contributed by atoms with Crippen LogP contribution in [0.15, 0.2) is 59.5 Å². The van der Waals surface area contributed by atoms with Crippen LogP contribution in [0.5, 0.6) is 5.75 Å². The molecule has 0 saturated heterocycles. The van der Waals surface area contributed by atoms with Crippen LogP contribution in [-0.4, -0.2) is 38.3 Å². The molecule has 1 aliphatic rings. The molecule has 1 unspecified atom stereocenters. The van der Waals surface area contributed by atoms with E-state index in [2.05, 4.69) is 16.9 Å². The molecule has 2 heterocycles. The third-order valence-electron chi connectivity index (χ3n) is 5.98. The van der Waals surface area contributed by atoms with Gasteiger partial charge in [0.05, 0.1) is 12.2 Å². The van der Waals surface area contributed by atoms with E-state index in [1.54, 1.807) is 4.90 Å². The highest BCUT2D eigenvalue weighted by Gasteiger charge is 2.40. The Balaban J connectivity index is 2.00. The number of hydrogen-bond donors (Lipinski definition) is 1. The molecule has 1 amide bonds. The van der Waals surface area contributed by atoms with Crippen LogP contribution in [-0.2, 0) is 0 Å². The Morgan fingerprint density at radius 3 is 2.12 bits per heavy atom. The summed E-state index contributed by atoms with van der Waals surface area (Å²) in [6, 6.07) is 14.7. The Bertz CT molecular complexity index is 1320. The minimum Gasteiger partial charge on any atom is -0.502 e. The smallest absolute Gasteiger partial charge is 0.276 e. The molecule has 1 aromatic heterocycles. The quantitative estimate of drug-likeness (QED) is 0.637. The maximum Gasteiger partial charge on any atom is 0.276 e. The summed E-state index contributed by atoms with van der Waals surface area (Å²) in [5.74, 6) is 3.99. The molecule has 1 aliphatic heterocycles. The van der Waals surface area contributed by atoms with Gasteiger partial charge in [-0.3, -0.25) is 14.3 Å². The summed E-state index contributed by atoms with van der Waals surface area (Å²) in [6.07, 6.45) is 12.4. The van der Waals surface area contributed by atoms with Crippen LogP contribution in [0, 0.1) is 24.7 Å². The van der Waals surface area contributed by atoms with Gasteiger partial charge in [-0.2, -0.15) is 5.10 Å². The van der Waals surface area contributed by atoms with E-state index in [-0.39, 0.29) is 17.7 Å². The summed E-state index contributed by atoms with van der Waals surface area (Å²) in [7, 11) is 0. The molecule has 6 heteroatoms. The molecule has 0 saturated carbocycles. The number of terminal acetylenes is 2. The third-order valence-corrected chi connectivity index (χ3v) is 5.98. The topological polar surface area (TPSA) is 75.4 Å². The fourth-order valence-corrected chi connectivity index (χ4v) is 4.38. The Labute approximate surface area is 192 Å². The van der Waals surface area contributed by atoms with Crippen LogP contribution in [0.1, 0.15) is 58.5 Å². The molecule has 33 heavy (non-hydrogen) atoms. The van der Waals surface area contributed by atoms with Gasteiger partial charge in [-0.05, 0) is 49.2 Å². The number of hydrogen-bond acceptors (Lipinski definition) is 4. The number of benzene rings is 2. The molecule has 1 N–H and O–H groups in total. The normalized spacial score (nSPS) is 15.3. The number of rotatable bonds is 4. The van der Waals surface area contributed by atoms with Gasteiger partial charge in [0.2, 0.25) is 5.43 Å². The second-order valence-electron chi connectivity index (χ2n) is 8.29. The molecule has 0 bridgehead atoms. The van der Waals surface area contributed by atoms with Crippen molar-refractivity contribution in [3.05, 3.63) is 92.9 Å². The first kappa shape index (κ1) is 21.9. The van der Waals surface area contributed by atoms with Gasteiger partial charge in [0.15, 0.2) is 11.4 Å². The summed E-state index contributed by atoms with van der Waals surface area (Å²) >= 11 is 0. The molecular weight excluding hydrogens is 414 g/mol. The van der Waals surface area contributed by atoms with Gasteiger partial charge in [-0.25, -0.2) is 0 Å². The van der Waals surface area contributed by atoms with E-state index < -0.39 is 23.1 Å². The van der Waals surface area contributed by atoms with Crippen molar-refractivity contribution in [2.24, 2.45) is 0 Å². The van der Waals surface area contributed by atoms with Gasteiger partial charge in [-0.1, -0.05) is 36.1 Å². The zero-order valence-electron chi connectivity index (χ0n) is 18.4. The van der Waals surface area contributed by atoms with Gasteiger partial charge in [0.1, 0.15) is 0 Å². The van der Waals surface area contributed by atoms with Crippen molar-refractivity contribution in [2.45, 2.75) is 31.8 Å². The highest BCUT2D eigenvalue weighted by atomic mass is 16.3. The third kappa shape index (κ3) is 3.88. The molecule has 3 aromatic rings. The summed E-state index contributed by atoms with van der Waals surface area (Å²) < 4.78 is 1.47. The van der Waals surface area contributed by atoms with E-state index >= 15 is 0 Å². The molecule has 4 rings (SSSR count). The van der Waals surface area contributed by atoms with Crippen molar-refractivity contribution in [1.82, 2.24) is 14.7 Å². The average molecular weight is 437 g/mol. The van der Waals surface area contributed by atoms with Crippen LogP contribution in [0.4, 0.5) is 0 Å². The van der Waals surface area contributed by atoms with E-state index in [9.17, 15) is 14.7 Å². The molecule has 2 aromatic carbocycles. The molecule has 164 valence electrons. The number of fused-ring (bicyclic) bond motifs is 1. The lowest BCUT2D eigenvalue weighted by molar-refractivity contribution is 0.0570. The molecule has 0 fully saturated rings. The zero-order valence-corrected chi connectivity index (χ0v) is 18.4. The molecule has 0 radical (unpaired) electrons. The Morgan fingerprint density at radius 2 is 1.61 bits per heavy atom. The van der Waals surface area contributed by atoms with Gasteiger partial charge in [-0.15, -0.1) is 12.8 Å². The molecule has 0 spiro atoms. The standard InChI is InChI=1S/C27H23N3O3/c1-5-18-9-7-11-20(13-18)24(21-12-8-10-19(6-2)14-21)22-16-29(17(3)4)27(33)25-26(32)23(31)15-28-30(22)25/h1-2,7-15,17,22,24,32H,16H2,3-4H3. The van der Waals surface area contributed by atoms with Crippen LogP contribution < -0.4 is 5.43 Å². The average Bonchev–Trinajstić information content (AvgIpc) is 2.82. The van der Waals surface area contributed by atoms with Crippen molar-refractivity contribution in [3.8, 4) is 30.4 Å². The first-order valence-electron chi connectivity index (χ1n) is 10.6. The lowest BCUT2D eigenvalue weighted by Crippen LogP contribution is -2.49. The van der Waals surface area contributed by atoms with Gasteiger partial charge in [0.25, 0.3) is 5.91 Å². The summed E-state index contributed by atoms with van der Waals surface area (Å²) in [5, 5.41) is 14.8. The summed E-state index contributed by atoms with van der Waals surface area (Å²) in [4.78, 5) is 27.0. The molecule has 1 atom stereocenters. The van der Waals surface area contributed by atoms with E-state index in [0.29, 0.717) is 17.7 Å². The van der Waals surface area contributed by atoms with Crippen molar-refractivity contribution in [1.29, 1.82) is 0 Å². The minimum atomic E-state index is -0.695. The predicted octanol–water partition coefficient (Wildman–Crippen LogP) is 3.15. The first-order chi connectivity index (χ1) is 15.8. The highest BCUT2D eigenvalue weighted by Crippen LogP contribution is 2.40. The number of amides is 1. The number of carbonyl (C=O) groups excluding carboxylic acids is 1. The Kier molecular flexibility index (Phi) is 5.77. The lowest BCUT2D eigenvalue weighted by Gasteiger charge is -2.41. The Hall–Kier alpha value is -4.29. The van der Waals surface area contributed by atoms with Crippen molar-refractivity contribution < 1.29 is 9.90 Å². The fraction of sp³-hybridized carbons (Fsp3) is 0.222. The van der Waals surface area contributed by atoms with Gasteiger partial charge < -0.3 is 10.0 Å². The maximum absolute atomic E-state index is 13.2. The van der Waals surface area contributed by atoms with Crippen molar-refractivity contribution in [2.75, 3.05) is 6.54 Å². The minimum absolute atomic E-state index is 0.112. The number of carbonyl (C=O) groups is 1. The second kappa shape index (κ2) is 8.68. The van der Waals surface area contributed by atoms with Crippen LogP contribution in [0.25, 0.3) is 0 Å². The molecular formula is C27H23N3O3. The second-order valence-corrected chi connectivity index (χ2v) is 8.29. The largest absolute Gasteiger partial charge is 0.502 e. The van der Waals surface area contributed by atoms with Crippen molar-refractivity contribution in [3.63, 3.8) is 0 Å². The SMILES string of the molecule is C#Cc1cccc(C(c2cccc(C#C)c2)C2CN(C(C)C)C(=O)c3c(O)c(=O)cnn32)c1. The highest BCUT2D eigenvalue weighted by molar-refractivity contribution is 5.96. The van der Waals surface area contributed by atoms with Crippen molar-refractivity contribution >= 4 is 5.91 Å². The van der Waals surface area contributed by atoms with E-state index in [1.807, 2.05) is 62.4 Å². The van der Waals surface area contributed by atoms with E-state index in [1.165, 1.54) is 4.68 Å². The summed E-state index contributed by atoms with van der Waals surface area (Å²) in [5.41, 5.74) is 2.45. The number of aromatic hydroxyl groups is 1. The fourth-order valence-electron chi connectivity index (χ4n) is 4.38. The number of nitrogens with zero attached hydrogens (tertiary/aromatic N) is 3. The maximum atomic E-state index is 13.2. The number of aromatic nitrogens is 2. The molecule has 0 aliphatic carbocycles. The van der Waals surface area contributed by atoms with Crippen LogP contribution >= 0.6 is 0 Å². The van der Waals surface area contributed by atoms with Crippen LogP contribution in [0.3, 0.4) is 0 Å². The van der Waals surface area contributed by atoms with Crippen LogP contribution in [0.2, 0.25) is 0 Å². The monoisotopic (exact) mass is 437 g/mol. The van der Waals surface area contributed by atoms with E-state index in [4.69, 9.17) is 12.8 Å². The first-order valence-corrected chi connectivity index (χ1v) is 10.6. The predicted molar refractivity (Wildman–Crippen MR) is 126 cm³/mol. The van der Waals surface area contributed by atoms with Gasteiger partial charge in [0, 0.05) is 29.6 Å². The molecule has 6 nitrogen and oxygen atoms in total. The Morgan fingerprint density at radius 1 is 1.03 bits per heavy atom.